The fourth-order valence-corrected chi connectivity index (χ4v) is 3.25. The molecule has 1 N–H and O–H groups in total. The molecule has 6 nitrogen and oxygen atoms in total. The number of hydrogen-bond acceptors (Lipinski definition) is 3. The number of azide groups is 1. The van der Waals surface area contributed by atoms with E-state index in [2.05, 4.69) is 15.3 Å². The monoisotopic (exact) mass is 400 g/mol. The van der Waals surface area contributed by atoms with E-state index in [1.54, 1.807) is 0 Å². The molecular formula is C24H24N4O2. The molecule has 3 aromatic carbocycles. The smallest absolute Gasteiger partial charge is 0.407 e. The first-order valence-electron chi connectivity index (χ1n) is 9.84. The lowest BCUT2D eigenvalue weighted by Crippen LogP contribution is -2.45. The molecule has 30 heavy (non-hydrogen) atoms. The molecule has 0 aliphatic carbocycles. The van der Waals surface area contributed by atoms with E-state index in [1.165, 1.54) is 0 Å². The molecule has 0 bridgehead atoms. The van der Waals surface area contributed by atoms with Crippen molar-refractivity contribution in [3.8, 4) is 0 Å². The van der Waals surface area contributed by atoms with E-state index >= 15 is 0 Å². The number of carbonyl (C=O) groups excluding carboxylic acids is 1. The van der Waals surface area contributed by atoms with Gasteiger partial charge in [0, 0.05) is 11.0 Å². The fraction of sp³-hybridized carbons (Fsp3) is 0.208. The van der Waals surface area contributed by atoms with Crippen molar-refractivity contribution in [2.24, 2.45) is 5.11 Å². The molecule has 0 heterocycles. The first-order chi connectivity index (χ1) is 14.7. The third-order valence-corrected chi connectivity index (χ3v) is 4.77. The molecule has 1 amide bonds. The molecule has 0 radical (unpaired) electrons. The maximum absolute atomic E-state index is 12.5. The van der Waals surface area contributed by atoms with Crippen molar-refractivity contribution in [1.82, 2.24) is 5.32 Å². The Morgan fingerprint density at radius 1 is 0.833 bits per heavy atom. The number of alkyl carbamates (subject to hydrolysis) is 1. The van der Waals surface area contributed by atoms with Gasteiger partial charge in [-0.3, -0.25) is 0 Å². The highest BCUT2D eigenvalue weighted by atomic mass is 16.5. The van der Waals surface area contributed by atoms with Crippen molar-refractivity contribution in [3.63, 3.8) is 0 Å². The molecule has 0 aliphatic rings. The Balaban J connectivity index is 1.73. The summed E-state index contributed by atoms with van der Waals surface area (Å²) in [5.74, 6) is 0. The van der Waals surface area contributed by atoms with E-state index in [4.69, 9.17) is 10.3 Å². The van der Waals surface area contributed by atoms with Gasteiger partial charge in [-0.2, -0.15) is 0 Å². The van der Waals surface area contributed by atoms with Crippen LogP contribution in [0.25, 0.3) is 10.4 Å². The van der Waals surface area contributed by atoms with Gasteiger partial charge in [-0.25, -0.2) is 4.79 Å². The van der Waals surface area contributed by atoms with E-state index < -0.39 is 18.2 Å². The predicted molar refractivity (Wildman–Crippen MR) is 117 cm³/mol. The van der Waals surface area contributed by atoms with Gasteiger partial charge in [-0.15, -0.1) is 0 Å². The van der Waals surface area contributed by atoms with Crippen molar-refractivity contribution in [1.29, 1.82) is 0 Å². The molecule has 3 rings (SSSR count). The second-order valence-corrected chi connectivity index (χ2v) is 6.96. The minimum Gasteiger partial charge on any atom is -0.445 e. The second kappa shape index (κ2) is 11.3. The fourth-order valence-electron chi connectivity index (χ4n) is 3.25. The number of amides is 1. The third-order valence-electron chi connectivity index (χ3n) is 4.77. The highest BCUT2D eigenvalue weighted by molar-refractivity contribution is 5.67. The standard InChI is InChI=1S/C24H24N4O2/c25-28-27-23(17-20-12-6-2-7-13-20)22(16-19-10-4-1-5-11-19)26-24(29)30-18-21-14-8-3-9-15-21/h1-15,22-23H,16-18H2,(H,26,29)/t22-,23-/m0/s1. The van der Waals surface area contributed by atoms with Crippen molar-refractivity contribution in [2.45, 2.75) is 31.5 Å². The topological polar surface area (TPSA) is 87.1 Å². The number of carbonyl (C=O) groups is 1. The van der Waals surface area contributed by atoms with E-state index in [-0.39, 0.29) is 6.61 Å². The van der Waals surface area contributed by atoms with Gasteiger partial charge >= 0.3 is 6.09 Å². The van der Waals surface area contributed by atoms with Gasteiger partial charge in [-0.05, 0) is 35.1 Å². The molecule has 0 saturated heterocycles. The van der Waals surface area contributed by atoms with E-state index in [0.717, 1.165) is 16.7 Å². The van der Waals surface area contributed by atoms with Gasteiger partial charge in [0.2, 0.25) is 0 Å². The van der Waals surface area contributed by atoms with E-state index in [0.29, 0.717) is 12.8 Å². The minimum atomic E-state index is -0.536. The largest absolute Gasteiger partial charge is 0.445 e. The molecule has 0 unspecified atom stereocenters. The summed E-state index contributed by atoms with van der Waals surface area (Å²) in [7, 11) is 0. The average Bonchev–Trinajstić information content (AvgIpc) is 2.79. The summed E-state index contributed by atoms with van der Waals surface area (Å²) in [5, 5.41) is 6.91. The third kappa shape index (κ3) is 6.69. The first-order valence-corrected chi connectivity index (χ1v) is 9.84. The van der Waals surface area contributed by atoms with Crippen LogP contribution < -0.4 is 5.32 Å². The van der Waals surface area contributed by atoms with Crippen LogP contribution in [0.2, 0.25) is 0 Å². The van der Waals surface area contributed by atoms with Crippen LogP contribution >= 0.6 is 0 Å². The maximum atomic E-state index is 12.5. The lowest BCUT2D eigenvalue weighted by Gasteiger charge is -2.25. The summed E-state index contributed by atoms with van der Waals surface area (Å²) < 4.78 is 5.39. The van der Waals surface area contributed by atoms with Crippen LogP contribution in [0.15, 0.2) is 96.1 Å². The van der Waals surface area contributed by atoms with Gasteiger partial charge in [0.05, 0.1) is 6.04 Å². The summed E-state index contributed by atoms with van der Waals surface area (Å²) >= 11 is 0. The van der Waals surface area contributed by atoms with Crippen molar-refractivity contribution < 1.29 is 9.53 Å². The van der Waals surface area contributed by atoms with Crippen LogP contribution in [0.1, 0.15) is 16.7 Å². The molecule has 6 heteroatoms. The van der Waals surface area contributed by atoms with Crippen LogP contribution in [0.4, 0.5) is 4.79 Å². The molecule has 0 aliphatic heterocycles. The molecule has 0 saturated carbocycles. The summed E-state index contributed by atoms with van der Waals surface area (Å²) in [6, 6.07) is 28.2. The molecule has 2 atom stereocenters. The SMILES string of the molecule is [N-]=[N+]=N[C@@H](Cc1ccccc1)[C@H](Cc1ccccc1)NC(=O)OCc1ccccc1. The molecule has 152 valence electrons. The predicted octanol–water partition coefficient (Wildman–Crippen LogP) is 5.45. The zero-order chi connectivity index (χ0) is 21.0. The Bertz CT molecular complexity index is 958. The highest BCUT2D eigenvalue weighted by Gasteiger charge is 2.24. The molecule has 0 spiro atoms. The molecular weight excluding hydrogens is 376 g/mol. The number of hydrogen-bond donors (Lipinski definition) is 1. The number of benzene rings is 3. The normalized spacial score (nSPS) is 12.3. The van der Waals surface area contributed by atoms with Gasteiger partial charge in [0.15, 0.2) is 0 Å². The molecule has 0 aromatic heterocycles. The summed E-state index contributed by atoms with van der Waals surface area (Å²) in [4.78, 5) is 15.5. The van der Waals surface area contributed by atoms with E-state index in [9.17, 15) is 4.79 Å². The molecule has 0 fully saturated rings. The summed E-state index contributed by atoms with van der Waals surface area (Å²) in [6.07, 6.45) is 0.505. The van der Waals surface area contributed by atoms with Crippen LogP contribution in [-0.4, -0.2) is 18.2 Å². The number of ether oxygens (including phenoxy) is 1. The zero-order valence-electron chi connectivity index (χ0n) is 16.6. The second-order valence-electron chi connectivity index (χ2n) is 6.96. The Kier molecular flexibility index (Phi) is 7.89. The van der Waals surface area contributed by atoms with Gasteiger partial charge in [0.25, 0.3) is 0 Å². The Labute approximate surface area is 176 Å². The first kappa shape index (κ1) is 21.0. The molecule has 3 aromatic rings. The highest BCUT2D eigenvalue weighted by Crippen LogP contribution is 2.15. The lowest BCUT2D eigenvalue weighted by molar-refractivity contribution is 0.134. The van der Waals surface area contributed by atoms with Crippen molar-refractivity contribution in [2.75, 3.05) is 0 Å². The van der Waals surface area contributed by atoms with Crippen LogP contribution in [0, 0.1) is 0 Å². The number of nitrogens with one attached hydrogen (secondary N) is 1. The lowest BCUT2D eigenvalue weighted by atomic mass is 9.95. The Morgan fingerprint density at radius 2 is 1.33 bits per heavy atom. The quantitative estimate of drug-likeness (QED) is 0.294. The Morgan fingerprint density at radius 3 is 1.87 bits per heavy atom. The summed E-state index contributed by atoms with van der Waals surface area (Å²) in [5.41, 5.74) is 12.1. The Hall–Kier alpha value is -3.76. The van der Waals surface area contributed by atoms with Crippen LogP contribution in [-0.2, 0) is 24.2 Å². The van der Waals surface area contributed by atoms with Gasteiger partial charge in [-0.1, -0.05) is 96.1 Å². The maximum Gasteiger partial charge on any atom is 0.407 e. The minimum absolute atomic E-state index is 0.176. The number of nitrogens with zero attached hydrogens (tertiary/aromatic N) is 3. The van der Waals surface area contributed by atoms with Crippen molar-refractivity contribution >= 4 is 6.09 Å². The van der Waals surface area contributed by atoms with Crippen LogP contribution in [0.3, 0.4) is 0 Å². The van der Waals surface area contributed by atoms with Gasteiger partial charge < -0.3 is 10.1 Å². The average molecular weight is 400 g/mol. The van der Waals surface area contributed by atoms with Crippen molar-refractivity contribution in [3.05, 3.63) is 118 Å². The van der Waals surface area contributed by atoms with Gasteiger partial charge in [0.1, 0.15) is 6.61 Å². The number of rotatable bonds is 9. The zero-order valence-corrected chi connectivity index (χ0v) is 16.6. The van der Waals surface area contributed by atoms with Crippen LogP contribution in [0.5, 0.6) is 0 Å². The summed E-state index contributed by atoms with van der Waals surface area (Å²) in [6.45, 7) is 0.176. The van der Waals surface area contributed by atoms with E-state index in [1.807, 2.05) is 91.0 Å².